The third kappa shape index (κ3) is 4.19. The standard InChI is InChI=1S/C27H23FO4/c1-16-13-19(31-26(30)20-7-5-6-8-21(20)28)15-22-24(16)25(29)23(32-22)14-17-9-11-18(12-10-17)27(2,3)4/h5-15H,1-4H3/b23-14-. The lowest BCUT2D eigenvalue weighted by atomic mass is 9.86. The van der Waals surface area contributed by atoms with Gasteiger partial charge in [0.25, 0.3) is 0 Å². The summed E-state index contributed by atoms with van der Waals surface area (Å²) < 4.78 is 25.0. The number of hydrogen-bond acceptors (Lipinski definition) is 4. The average Bonchev–Trinajstić information content (AvgIpc) is 3.03. The number of halogens is 1. The molecule has 0 saturated carbocycles. The first-order valence-electron chi connectivity index (χ1n) is 10.3. The van der Waals surface area contributed by atoms with Crippen molar-refractivity contribution >= 4 is 17.8 Å². The number of carbonyl (C=O) groups excluding carboxylic acids is 2. The highest BCUT2D eigenvalue weighted by molar-refractivity contribution is 6.15. The van der Waals surface area contributed by atoms with E-state index in [1.807, 2.05) is 24.3 Å². The van der Waals surface area contributed by atoms with Gasteiger partial charge in [-0.25, -0.2) is 9.18 Å². The quantitative estimate of drug-likeness (QED) is 0.279. The number of esters is 1. The monoisotopic (exact) mass is 430 g/mol. The highest BCUT2D eigenvalue weighted by atomic mass is 19.1. The number of ketones is 1. The molecule has 3 aromatic carbocycles. The lowest BCUT2D eigenvalue weighted by molar-refractivity contribution is 0.0729. The molecule has 0 aliphatic carbocycles. The van der Waals surface area contributed by atoms with E-state index in [2.05, 4.69) is 20.8 Å². The van der Waals surface area contributed by atoms with Crippen LogP contribution in [0.25, 0.3) is 6.08 Å². The Bertz CT molecular complexity index is 1250. The molecule has 0 radical (unpaired) electrons. The molecule has 0 N–H and O–H groups in total. The molecule has 0 saturated heterocycles. The van der Waals surface area contributed by atoms with Crippen molar-refractivity contribution in [3.8, 4) is 11.5 Å². The Morgan fingerprint density at radius 3 is 2.38 bits per heavy atom. The number of ether oxygens (including phenoxy) is 2. The van der Waals surface area contributed by atoms with Crippen molar-refractivity contribution in [3.63, 3.8) is 0 Å². The lowest BCUT2D eigenvalue weighted by Gasteiger charge is -2.18. The van der Waals surface area contributed by atoms with Crippen LogP contribution in [0.5, 0.6) is 11.5 Å². The number of allylic oxidation sites excluding steroid dienone is 1. The second-order valence-electron chi connectivity index (χ2n) is 8.79. The van der Waals surface area contributed by atoms with E-state index in [0.29, 0.717) is 16.9 Å². The summed E-state index contributed by atoms with van der Waals surface area (Å²) in [7, 11) is 0. The topological polar surface area (TPSA) is 52.6 Å². The minimum Gasteiger partial charge on any atom is -0.452 e. The van der Waals surface area contributed by atoms with Gasteiger partial charge in [0.2, 0.25) is 5.78 Å². The molecule has 5 heteroatoms. The van der Waals surface area contributed by atoms with Crippen LogP contribution in [-0.2, 0) is 5.41 Å². The molecule has 0 bridgehead atoms. The second-order valence-corrected chi connectivity index (χ2v) is 8.79. The van der Waals surface area contributed by atoms with Crippen LogP contribution in [0.3, 0.4) is 0 Å². The number of hydrogen-bond donors (Lipinski definition) is 0. The van der Waals surface area contributed by atoms with Crippen LogP contribution in [0.4, 0.5) is 4.39 Å². The van der Waals surface area contributed by atoms with Gasteiger partial charge in [-0.3, -0.25) is 4.79 Å². The summed E-state index contributed by atoms with van der Waals surface area (Å²) in [5.41, 5.74) is 2.94. The molecule has 0 amide bonds. The molecule has 1 heterocycles. The fourth-order valence-corrected chi connectivity index (χ4v) is 3.56. The summed E-state index contributed by atoms with van der Waals surface area (Å²) in [6.07, 6.45) is 1.69. The summed E-state index contributed by atoms with van der Waals surface area (Å²) in [5, 5.41) is 0. The van der Waals surface area contributed by atoms with Crippen molar-refractivity contribution in [2.45, 2.75) is 33.1 Å². The van der Waals surface area contributed by atoms with E-state index in [4.69, 9.17) is 9.47 Å². The Morgan fingerprint density at radius 1 is 1.03 bits per heavy atom. The van der Waals surface area contributed by atoms with Crippen molar-refractivity contribution in [1.29, 1.82) is 0 Å². The van der Waals surface area contributed by atoms with Crippen LogP contribution in [-0.4, -0.2) is 11.8 Å². The van der Waals surface area contributed by atoms with Crippen molar-refractivity contribution in [3.05, 3.63) is 100 Å². The minimum absolute atomic E-state index is 0.0369. The number of Topliss-reactive ketones (excluding diaryl/α,β-unsaturated/α-hetero) is 1. The van der Waals surface area contributed by atoms with E-state index in [9.17, 15) is 14.0 Å². The molecule has 0 unspecified atom stereocenters. The Hall–Kier alpha value is -3.73. The fourth-order valence-electron chi connectivity index (χ4n) is 3.56. The van der Waals surface area contributed by atoms with E-state index in [1.54, 1.807) is 25.1 Å². The Labute approximate surface area is 186 Å². The van der Waals surface area contributed by atoms with Crippen molar-refractivity contribution in [2.75, 3.05) is 0 Å². The summed E-state index contributed by atoms with van der Waals surface area (Å²) in [6, 6.07) is 16.6. The molecule has 0 atom stereocenters. The van der Waals surface area contributed by atoms with Crippen molar-refractivity contribution in [2.24, 2.45) is 0 Å². The molecular formula is C27H23FO4. The van der Waals surface area contributed by atoms with Crippen molar-refractivity contribution in [1.82, 2.24) is 0 Å². The van der Waals surface area contributed by atoms with Gasteiger partial charge < -0.3 is 9.47 Å². The van der Waals surface area contributed by atoms with Gasteiger partial charge in [0, 0.05) is 6.07 Å². The molecular weight excluding hydrogens is 407 g/mol. The van der Waals surface area contributed by atoms with Gasteiger partial charge in [0.05, 0.1) is 11.1 Å². The first kappa shape index (κ1) is 21.5. The predicted octanol–water partition coefficient (Wildman–Crippen LogP) is 6.27. The minimum atomic E-state index is -0.818. The molecule has 0 fully saturated rings. The maximum Gasteiger partial charge on any atom is 0.346 e. The first-order chi connectivity index (χ1) is 15.1. The molecule has 32 heavy (non-hydrogen) atoms. The molecule has 4 rings (SSSR count). The summed E-state index contributed by atoms with van der Waals surface area (Å²) in [5.74, 6) is -1.03. The van der Waals surface area contributed by atoms with Crippen LogP contribution >= 0.6 is 0 Å². The van der Waals surface area contributed by atoms with Gasteiger partial charge >= 0.3 is 5.97 Å². The molecule has 0 spiro atoms. The van der Waals surface area contributed by atoms with E-state index < -0.39 is 11.8 Å². The zero-order chi connectivity index (χ0) is 23.0. The largest absolute Gasteiger partial charge is 0.452 e. The molecule has 162 valence electrons. The van der Waals surface area contributed by atoms with E-state index in [1.165, 1.54) is 29.8 Å². The zero-order valence-electron chi connectivity index (χ0n) is 18.4. The maximum absolute atomic E-state index is 13.9. The zero-order valence-corrected chi connectivity index (χ0v) is 18.4. The van der Waals surface area contributed by atoms with Gasteiger partial charge in [-0.2, -0.15) is 0 Å². The third-order valence-corrected chi connectivity index (χ3v) is 5.32. The molecule has 0 aromatic heterocycles. The fraction of sp³-hybridized carbons (Fsp3) is 0.185. The average molecular weight is 430 g/mol. The van der Waals surface area contributed by atoms with Crippen LogP contribution in [0.15, 0.2) is 66.4 Å². The summed E-state index contributed by atoms with van der Waals surface area (Å²) >= 11 is 0. The lowest BCUT2D eigenvalue weighted by Crippen LogP contribution is -2.10. The van der Waals surface area contributed by atoms with Gasteiger partial charge in [-0.15, -0.1) is 0 Å². The molecule has 4 nitrogen and oxygen atoms in total. The highest BCUT2D eigenvalue weighted by Crippen LogP contribution is 2.38. The van der Waals surface area contributed by atoms with E-state index in [-0.39, 0.29) is 28.3 Å². The number of aryl methyl sites for hydroxylation is 1. The highest BCUT2D eigenvalue weighted by Gasteiger charge is 2.30. The SMILES string of the molecule is Cc1cc(OC(=O)c2ccccc2F)cc2c1C(=O)/C(=C/c1ccc(C(C)(C)C)cc1)O2. The van der Waals surface area contributed by atoms with Gasteiger partial charge in [-0.05, 0) is 53.3 Å². The normalized spacial score (nSPS) is 14.3. The summed E-state index contributed by atoms with van der Waals surface area (Å²) in [4.78, 5) is 25.2. The predicted molar refractivity (Wildman–Crippen MR) is 121 cm³/mol. The number of fused-ring (bicyclic) bond motifs is 1. The van der Waals surface area contributed by atoms with Gasteiger partial charge in [-0.1, -0.05) is 57.2 Å². The van der Waals surface area contributed by atoms with Crippen molar-refractivity contribution < 1.29 is 23.5 Å². The van der Waals surface area contributed by atoms with Crippen LogP contribution < -0.4 is 9.47 Å². The first-order valence-corrected chi connectivity index (χ1v) is 10.3. The third-order valence-electron chi connectivity index (χ3n) is 5.32. The van der Waals surface area contributed by atoms with E-state index in [0.717, 1.165) is 5.56 Å². The van der Waals surface area contributed by atoms with Crippen LogP contribution in [0, 0.1) is 12.7 Å². The van der Waals surface area contributed by atoms with E-state index >= 15 is 0 Å². The molecule has 1 aliphatic heterocycles. The van der Waals surface area contributed by atoms with Gasteiger partial charge in [0.1, 0.15) is 17.3 Å². The smallest absolute Gasteiger partial charge is 0.346 e. The van der Waals surface area contributed by atoms with Crippen LogP contribution in [0.1, 0.15) is 58.2 Å². The number of carbonyl (C=O) groups is 2. The Morgan fingerprint density at radius 2 is 1.72 bits per heavy atom. The number of benzene rings is 3. The number of rotatable bonds is 3. The molecule has 3 aromatic rings. The van der Waals surface area contributed by atoms with Gasteiger partial charge in [0.15, 0.2) is 5.76 Å². The Balaban J connectivity index is 1.58. The molecule has 1 aliphatic rings. The second kappa shape index (κ2) is 8.08. The Kier molecular flexibility index (Phi) is 5.43. The summed E-state index contributed by atoms with van der Waals surface area (Å²) in [6.45, 7) is 8.15. The maximum atomic E-state index is 13.9. The van der Waals surface area contributed by atoms with Crippen LogP contribution in [0.2, 0.25) is 0 Å².